The van der Waals surface area contributed by atoms with Crippen LogP contribution in [0.2, 0.25) is 0 Å². The van der Waals surface area contributed by atoms with Crippen molar-refractivity contribution in [3.05, 3.63) is 30.1 Å². The second-order valence-corrected chi connectivity index (χ2v) is 3.16. The molecule has 0 saturated carbocycles. The van der Waals surface area contributed by atoms with Gasteiger partial charge in [-0.2, -0.15) is 0 Å². The number of aryl methyl sites for hydroxylation is 1. The molecular formula is C10H13N3. The third kappa shape index (κ3) is 1.26. The Morgan fingerprint density at radius 1 is 1.54 bits per heavy atom. The van der Waals surface area contributed by atoms with Gasteiger partial charge in [0.1, 0.15) is 11.5 Å². The zero-order valence-electron chi connectivity index (χ0n) is 7.70. The number of anilines is 1. The number of hydrogen-bond donors (Lipinski definition) is 1. The largest absolute Gasteiger partial charge is 0.383 e. The lowest BCUT2D eigenvalue weighted by Gasteiger charge is -2.01. The van der Waals surface area contributed by atoms with E-state index in [0.717, 1.165) is 18.5 Å². The number of imidazole rings is 1. The summed E-state index contributed by atoms with van der Waals surface area (Å²) >= 11 is 0. The van der Waals surface area contributed by atoms with Crippen molar-refractivity contribution in [2.75, 3.05) is 5.73 Å². The third-order valence-electron chi connectivity index (χ3n) is 2.16. The van der Waals surface area contributed by atoms with Gasteiger partial charge in [0.25, 0.3) is 0 Å². The maximum absolute atomic E-state index is 5.74. The summed E-state index contributed by atoms with van der Waals surface area (Å²) in [5.74, 6) is 0.702. The first-order valence-corrected chi connectivity index (χ1v) is 4.53. The Morgan fingerprint density at radius 2 is 2.38 bits per heavy atom. The van der Waals surface area contributed by atoms with Crippen molar-refractivity contribution in [3.8, 4) is 0 Å². The van der Waals surface area contributed by atoms with Gasteiger partial charge in [0.05, 0.1) is 6.20 Å². The van der Waals surface area contributed by atoms with Gasteiger partial charge in [-0.1, -0.05) is 19.4 Å². The molecule has 0 aromatic carbocycles. The van der Waals surface area contributed by atoms with E-state index in [-0.39, 0.29) is 0 Å². The van der Waals surface area contributed by atoms with Crippen LogP contribution in [0.25, 0.3) is 5.65 Å². The van der Waals surface area contributed by atoms with E-state index < -0.39 is 0 Å². The van der Waals surface area contributed by atoms with Crippen molar-refractivity contribution in [1.82, 2.24) is 9.38 Å². The van der Waals surface area contributed by atoms with Crippen LogP contribution in [0.15, 0.2) is 24.5 Å². The zero-order valence-corrected chi connectivity index (χ0v) is 7.70. The summed E-state index contributed by atoms with van der Waals surface area (Å²) in [7, 11) is 0. The van der Waals surface area contributed by atoms with Gasteiger partial charge in [-0.05, 0) is 18.1 Å². The molecule has 0 bridgehead atoms. The van der Waals surface area contributed by atoms with Gasteiger partial charge in [0, 0.05) is 6.20 Å². The second-order valence-electron chi connectivity index (χ2n) is 3.16. The van der Waals surface area contributed by atoms with Crippen molar-refractivity contribution < 1.29 is 0 Å². The van der Waals surface area contributed by atoms with Gasteiger partial charge < -0.3 is 5.73 Å². The summed E-state index contributed by atoms with van der Waals surface area (Å²) in [6.07, 6.45) is 5.83. The summed E-state index contributed by atoms with van der Waals surface area (Å²) in [6, 6.07) is 4.11. The molecule has 0 spiro atoms. The Bertz CT molecular complexity index is 417. The molecule has 0 atom stereocenters. The third-order valence-corrected chi connectivity index (χ3v) is 2.16. The first-order valence-electron chi connectivity index (χ1n) is 4.53. The smallest absolute Gasteiger partial charge is 0.141 e. The van der Waals surface area contributed by atoms with Crippen molar-refractivity contribution in [2.45, 2.75) is 19.8 Å². The number of nitrogens with zero attached hydrogens (tertiary/aromatic N) is 2. The monoisotopic (exact) mass is 175 g/mol. The molecule has 0 aliphatic heterocycles. The number of fused-ring (bicyclic) bond motifs is 1. The van der Waals surface area contributed by atoms with Crippen LogP contribution in [-0.2, 0) is 6.42 Å². The standard InChI is InChI=1S/C10H13N3/c1-2-4-8-5-3-6-13-9(11)7-12-10(8)13/h3,5-7H,2,4,11H2,1H3. The second kappa shape index (κ2) is 3.09. The predicted molar refractivity (Wildman–Crippen MR) is 53.6 cm³/mol. The molecule has 2 rings (SSSR count). The summed E-state index contributed by atoms with van der Waals surface area (Å²) in [5, 5.41) is 0. The van der Waals surface area contributed by atoms with Crippen LogP contribution >= 0.6 is 0 Å². The minimum atomic E-state index is 0.702. The van der Waals surface area contributed by atoms with Crippen molar-refractivity contribution in [1.29, 1.82) is 0 Å². The Hall–Kier alpha value is -1.51. The predicted octanol–water partition coefficient (Wildman–Crippen LogP) is 1.87. The van der Waals surface area contributed by atoms with E-state index in [2.05, 4.69) is 18.0 Å². The molecule has 3 heteroatoms. The van der Waals surface area contributed by atoms with E-state index in [0.29, 0.717) is 5.82 Å². The highest BCUT2D eigenvalue weighted by Gasteiger charge is 2.03. The summed E-state index contributed by atoms with van der Waals surface area (Å²) in [4.78, 5) is 4.27. The number of aromatic nitrogens is 2. The van der Waals surface area contributed by atoms with E-state index in [4.69, 9.17) is 5.73 Å². The summed E-state index contributed by atoms with van der Waals surface area (Å²) in [5.41, 5.74) is 8.00. The van der Waals surface area contributed by atoms with Crippen LogP contribution in [0.1, 0.15) is 18.9 Å². The van der Waals surface area contributed by atoms with Gasteiger partial charge in [0.2, 0.25) is 0 Å². The lowest BCUT2D eigenvalue weighted by Crippen LogP contribution is -1.95. The van der Waals surface area contributed by atoms with Crippen LogP contribution in [0.4, 0.5) is 5.82 Å². The highest BCUT2D eigenvalue weighted by molar-refractivity contribution is 5.53. The number of hydrogen-bond acceptors (Lipinski definition) is 2. The average molecular weight is 175 g/mol. The number of nitrogens with two attached hydrogens (primary N) is 1. The summed E-state index contributed by atoms with van der Waals surface area (Å²) in [6.45, 7) is 2.16. The SMILES string of the molecule is CCCc1cccn2c(N)cnc12. The summed E-state index contributed by atoms with van der Waals surface area (Å²) < 4.78 is 1.92. The van der Waals surface area contributed by atoms with E-state index in [9.17, 15) is 0 Å². The Morgan fingerprint density at radius 3 is 3.15 bits per heavy atom. The first-order chi connectivity index (χ1) is 6.33. The van der Waals surface area contributed by atoms with Crippen LogP contribution in [0.3, 0.4) is 0 Å². The lowest BCUT2D eigenvalue weighted by atomic mass is 10.1. The highest BCUT2D eigenvalue weighted by Crippen LogP contribution is 2.14. The van der Waals surface area contributed by atoms with E-state index in [1.165, 1.54) is 5.56 Å². The quantitative estimate of drug-likeness (QED) is 0.757. The maximum Gasteiger partial charge on any atom is 0.141 e. The van der Waals surface area contributed by atoms with Crippen LogP contribution < -0.4 is 5.73 Å². The lowest BCUT2D eigenvalue weighted by molar-refractivity contribution is 0.917. The fourth-order valence-corrected chi connectivity index (χ4v) is 1.55. The van der Waals surface area contributed by atoms with Gasteiger partial charge in [-0.3, -0.25) is 4.40 Å². The molecule has 0 unspecified atom stereocenters. The molecule has 2 aromatic heterocycles. The average Bonchev–Trinajstić information content (AvgIpc) is 2.50. The molecule has 13 heavy (non-hydrogen) atoms. The van der Waals surface area contributed by atoms with E-state index in [1.54, 1.807) is 6.20 Å². The number of rotatable bonds is 2. The van der Waals surface area contributed by atoms with Crippen molar-refractivity contribution in [3.63, 3.8) is 0 Å². The fourth-order valence-electron chi connectivity index (χ4n) is 1.55. The molecular weight excluding hydrogens is 162 g/mol. The normalized spacial score (nSPS) is 10.8. The molecule has 68 valence electrons. The van der Waals surface area contributed by atoms with E-state index in [1.807, 2.05) is 16.7 Å². The Kier molecular flexibility index (Phi) is 1.93. The Labute approximate surface area is 77.2 Å². The number of nitrogen functional groups attached to an aromatic ring is 1. The van der Waals surface area contributed by atoms with Gasteiger partial charge >= 0.3 is 0 Å². The van der Waals surface area contributed by atoms with Crippen molar-refractivity contribution >= 4 is 11.5 Å². The molecule has 0 amide bonds. The minimum absolute atomic E-state index is 0.702. The first kappa shape index (κ1) is 8.10. The topological polar surface area (TPSA) is 43.3 Å². The fraction of sp³-hybridized carbons (Fsp3) is 0.300. The molecule has 3 nitrogen and oxygen atoms in total. The van der Waals surface area contributed by atoms with Gasteiger partial charge in [-0.25, -0.2) is 4.98 Å². The molecule has 2 aromatic rings. The van der Waals surface area contributed by atoms with Gasteiger partial charge in [-0.15, -0.1) is 0 Å². The van der Waals surface area contributed by atoms with E-state index >= 15 is 0 Å². The minimum Gasteiger partial charge on any atom is -0.383 e. The van der Waals surface area contributed by atoms with Crippen molar-refractivity contribution in [2.24, 2.45) is 0 Å². The maximum atomic E-state index is 5.74. The van der Waals surface area contributed by atoms with Crippen LogP contribution in [-0.4, -0.2) is 9.38 Å². The molecule has 0 radical (unpaired) electrons. The zero-order chi connectivity index (χ0) is 9.26. The molecule has 2 N–H and O–H groups in total. The van der Waals surface area contributed by atoms with Crippen LogP contribution in [0.5, 0.6) is 0 Å². The van der Waals surface area contributed by atoms with Gasteiger partial charge in [0.15, 0.2) is 0 Å². The molecule has 0 aliphatic carbocycles. The molecule has 0 saturated heterocycles. The molecule has 0 fully saturated rings. The number of pyridine rings is 1. The highest BCUT2D eigenvalue weighted by atomic mass is 15.1. The molecule has 0 aliphatic rings. The van der Waals surface area contributed by atoms with Crippen LogP contribution in [0, 0.1) is 0 Å². The Balaban J connectivity index is 2.63. The molecule has 2 heterocycles.